The third-order valence-corrected chi connectivity index (χ3v) is 3.36. The molecule has 96 valence electrons. The van der Waals surface area contributed by atoms with Crippen molar-refractivity contribution in [3.63, 3.8) is 0 Å². The number of alkyl halides is 4. The summed E-state index contributed by atoms with van der Waals surface area (Å²) in [5, 5.41) is 7.81. The molecule has 0 spiro atoms. The Morgan fingerprint density at radius 1 is 1.50 bits per heavy atom. The number of rotatable bonds is 3. The number of halogens is 4. The van der Waals surface area contributed by atoms with E-state index in [0.717, 1.165) is 0 Å². The first-order valence-corrected chi connectivity index (χ1v) is 5.95. The summed E-state index contributed by atoms with van der Waals surface area (Å²) in [6.45, 7) is 1.21. The van der Waals surface area contributed by atoms with E-state index in [9.17, 15) is 18.0 Å². The van der Waals surface area contributed by atoms with Gasteiger partial charge in [-0.3, -0.25) is 4.79 Å². The quantitative estimate of drug-likeness (QED) is 0.624. The van der Waals surface area contributed by atoms with E-state index in [-0.39, 0.29) is 16.0 Å². The van der Waals surface area contributed by atoms with Crippen molar-refractivity contribution in [3.05, 3.63) is 29.3 Å². The maximum atomic E-state index is 12.3. The number of hydrogen-bond acceptors (Lipinski definition) is 3. The Morgan fingerprint density at radius 2 is 2.11 bits per heavy atom. The molecule has 1 aromatic carbocycles. The molecule has 0 bridgehead atoms. The van der Waals surface area contributed by atoms with Crippen LogP contribution in [0.5, 0.6) is 0 Å². The number of ketones is 1. The standard InChI is InChI=1S/C11H7ClF3NOS/c1-6(17)10(12)7-3-2-4-9(8(7)5-16)18-11(13,14)15/h2-4,10H,1H3. The van der Waals surface area contributed by atoms with Crippen molar-refractivity contribution in [1.29, 1.82) is 5.26 Å². The summed E-state index contributed by atoms with van der Waals surface area (Å²) in [7, 11) is 0. The zero-order valence-corrected chi connectivity index (χ0v) is 10.7. The number of carbonyl (C=O) groups excluding carboxylic acids is 1. The van der Waals surface area contributed by atoms with Gasteiger partial charge in [0.25, 0.3) is 0 Å². The second kappa shape index (κ2) is 5.63. The highest BCUT2D eigenvalue weighted by molar-refractivity contribution is 8.00. The van der Waals surface area contributed by atoms with Gasteiger partial charge in [0, 0.05) is 4.90 Å². The van der Waals surface area contributed by atoms with Crippen molar-refractivity contribution >= 4 is 29.1 Å². The minimum Gasteiger partial charge on any atom is -0.298 e. The molecule has 1 aromatic rings. The van der Waals surface area contributed by atoms with Crippen LogP contribution in [0, 0.1) is 11.3 Å². The van der Waals surface area contributed by atoms with Gasteiger partial charge in [0.15, 0.2) is 5.78 Å². The van der Waals surface area contributed by atoms with E-state index < -0.39 is 28.4 Å². The van der Waals surface area contributed by atoms with Gasteiger partial charge in [-0.05, 0) is 30.3 Å². The first-order chi connectivity index (χ1) is 8.26. The molecular weight excluding hydrogens is 287 g/mol. The normalized spacial score (nSPS) is 12.9. The second-order valence-corrected chi connectivity index (χ2v) is 4.90. The number of carbonyl (C=O) groups is 1. The van der Waals surface area contributed by atoms with Crippen LogP contribution in [0.4, 0.5) is 13.2 Å². The van der Waals surface area contributed by atoms with Crippen molar-refractivity contribution in [2.24, 2.45) is 0 Å². The Kier molecular flexibility index (Phi) is 4.65. The monoisotopic (exact) mass is 293 g/mol. The van der Waals surface area contributed by atoms with Crippen LogP contribution >= 0.6 is 23.4 Å². The van der Waals surface area contributed by atoms with Crippen LogP contribution < -0.4 is 0 Å². The fourth-order valence-electron chi connectivity index (χ4n) is 1.31. The van der Waals surface area contributed by atoms with Gasteiger partial charge >= 0.3 is 5.51 Å². The van der Waals surface area contributed by atoms with Crippen molar-refractivity contribution in [2.75, 3.05) is 0 Å². The van der Waals surface area contributed by atoms with E-state index in [0.29, 0.717) is 0 Å². The number of nitriles is 1. The minimum atomic E-state index is -4.50. The van der Waals surface area contributed by atoms with Crippen LogP contribution in [-0.2, 0) is 4.79 Å². The molecule has 2 nitrogen and oxygen atoms in total. The van der Waals surface area contributed by atoms with Crippen LogP contribution in [0.3, 0.4) is 0 Å². The third kappa shape index (κ3) is 3.65. The molecule has 18 heavy (non-hydrogen) atoms. The fraction of sp³-hybridized carbons (Fsp3) is 0.273. The fourth-order valence-corrected chi connectivity index (χ4v) is 2.15. The van der Waals surface area contributed by atoms with Gasteiger partial charge in [-0.1, -0.05) is 12.1 Å². The van der Waals surface area contributed by atoms with Gasteiger partial charge in [-0.2, -0.15) is 18.4 Å². The van der Waals surface area contributed by atoms with E-state index >= 15 is 0 Å². The Balaban J connectivity index is 3.28. The van der Waals surface area contributed by atoms with Crippen molar-refractivity contribution < 1.29 is 18.0 Å². The Labute approximate surface area is 111 Å². The molecule has 0 heterocycles. The van der Waals surface area contributed by atoms with Gasteiger partial charge in [0.05, 0.1) is 5.56 Å². The number of nitrogens with zero attached hydrogens (tertiary/aromatic N) is 1. The maximum Gasteiger partial charge on any atom is 0.446 e. The van der Waals surface area contributed by atoms with Crippen LogP contribution in [-0.4, -0.2) is 11.3 Å². The van der Waals surface area contributed by atoms with Crippen molar-refractivity contribution in [2.45, 2.75) is 22.7 Å². The topological polar surface area (TPSA) is 40.9 Å². The lowest BCUT2D eigenvalue weighted by atomic mass is 10.0. The van der Waals surface area contributed by atoms with E-state index in [1.54, 1.807) is 6.07 Å². The minimum absolute atomic E-state index is 0.0981. The highest BCUT2D eigenvalue weighted by Crippen LogP contribution is 2.40. The van der Waals surface area contributed by atoms with Crippen LogP contribution in [0.2, 0.25) is 0 Å². The summed E-state index contributed by atoms with van der Waals surface area (Å²) in [6, 6.07) is 5.54. The highest BCUT2D eigenvalue weighted by atomic mass is 35.5. The highest BCUT2D eigenvalue weighted by Gasteiger charge is 2.31. The molecule has 0 saturated heterocycles. The van der Waals surface area contributed by atoms with Gasteiger partial charge in [0.1, 0.15) is 11.4 Å². The average molecular weight is 294 g/mol. The predicted molar refractivity (Wildman–Crippen MR) is 62.3 cm³/mol. The van der Waals surface area contributed by atoms with Gasteiger partial charge in [0.2, 0.25) is 0 Å². The molecule has 0 aromatic heterocycles. The van der Waals surface area contributed by atoms with Crippen molar-refractivity contribution in [3.8, 4) is 6.07 Å². The smallest absolute Gasteiger partial charge is 0.298 e. The van der Waals surface area contributed by atoms with E-state index in [4.69, 9.17) is 16.9 Å². The summed E-state index contributed by atoms with van der Waals surface area (Å²) in [5.74, 6) is -0.428. The molecule has 0 saturated carbocycles. The molecule has 1 rings (SSSR count). The van der Waals surface area contributed by atoms with E-state index in [1.807, 2.05) is 0 Å². The van der Waals surface area contributed by atoms with Gasteiger partial charge in [-0.15, -0.1) is 11.6 Å². The Bertz CT molecular complexity index is 510. The number of hydrogen-bond donors (Lipinski definition) is 0. The molecule has 7 heteroatoms. The van der Waals surface area contributed by atoms with Crippen molar-refractivity contribution in [1.82, 2.24) is 0 Å². The number of thioether (sulfide) groups is 1. The molecule has 0 aliphatic carbocycles. The molecule has 0 N–H and O–H groups in total. The molecule has 1 atom stereocenters. The van der Waals surface area contributed by atoms with Crippen LogP contribution in [0.25, 0.3) is 0 Å². The summed E-state index contributed by atoms with van der Waals surface area (Å²) in [5.41, 5.74) is -4.61. The Morgan fingerprint density at radius 3 is 2.56 bits per heavy atom. The third-order valence-electron chi connectivity index (χ3n) is 2.03. The molecular formula is C11H7ClF3NOS. The van der Waals surface area contributed by atoms with Gasteiger partial charge < -0.3 is 0 Å². The summed E-state index contributed by atoms with van der Waals surface area (Å²) < 4.78 is 36.9. The first-order valence-electron chi connectivity index (χ1n) is 4.69. The molecule has 0 amide bonds. The molecule has 0 fully saturated rings. The summed E-state index contributed by atoms with van der Waals surface area (Å²) >= 11 is 5.38. The largest absolute Gasteiger partial charge is 0.446 e. The lowest BCUT2D eigenvalue weighted by Gasteiger charge is -2.12. The van der Waals surface area contributed by atoms with Gasteiger partial charge in [-0.25, -0.2) is 0 Å². The summed E-state index contributed by atoms with van der Waals surface area (Å²) in [4.78, 5) is 10.9. The second-order valence-electron chi connectivity index (χ2n) is 3.35. The molecule has 0 aliphatic rings. The number of Topliss-reactive ketones (excluding diaryl/α,β-unsaturated/α-hetero) is 1. The lowest BCUT2D eigenvalue weighted by Crippen LogP contribution is -2.06. The lowest BCUT2D eigenvalue weighted by molar-refractivity contribution is -0.116. The predicted octanol–water partition coefficient (Wildman–Crippen LogP) is 4.04. The van der Waals surface area contributed by atoms with Crippen LogP contribution in [0.1, 0.15) is 23.4 Å². The maximum absolute atomic E-state index is 12.3. The SMILES string of the molecule is CC(=O)C(Cl)c1cccc(SC(F)(F)F)c1C#N. The molecule has 1 unspecified atom stereocenters. The zero-order valence-electron chi connectivity index (χ0n) is 9.08. The van der Waals surface area contributed by atoms with Crippen LogP contribution in [0.15, 0.2) is 23.1 Å². The van der Waals surface area contributed by atoms with E-state index in [1.165, 1.54) is 25.1 Å². The average Bonchev–Trinajstić information content (AvgIpc) is 2.25. The first kappa shape index (κ1) is 14.9. The Hall–Kier alpha value is -1.19. The van der Waals surface area contributed by atoms with E-state index in [2.05, 4.69) is 0 Å². The zero-order chi connectivity index (χ0) is 13.9. The summed E-state index contributed by atoms with van der Waals surface area (Å²) in [6.07, 6.45) is 0. The molecule has 0 radical (unpaired) electrons. The number of benzene rings is 1. The molecule has 0 aliphatic heterocycles.